The Kier molecular flexibility index (Phi) is 10.4. The maximum absolute atomic E-state index is 11.3. The smallest absolute Gasteiger partial charge is 0.211 e. The molecule has 0 fully saturated rings. The highest BCUT2D eigenvalue weighted by Gasteiger charge is 2.05. The second kappa shape index (κ2) is 10.8. The molecule has 0 saturated carbocycles. The zero-order valence-electron chi connectivity index (χ0n) is 13.2. The van der Waals surface area contributed by atoms with Gasteiger partial charge in [-0.3, -0.25) is 4.99 Å². The van der Waals surface area contributed by atoms with E-state index >= 15 is 0 Å². The molecule has 0 saturated heterocycles. The van der Waals surface area contributed by atoms with Gasteiger partial charge in [-0.15, -0.1) is 24.0 Å². The third kappa shape index (κ3) is 8.54. The summed E-state index contributed by atoms with van der Waals surface area (Å²) >= 11 is 0. The maximum Gasteiger partial charge on any atom is 0.211 e. The first-order valence-electron chi connectivity index (χ1n) is 6.94. The van der Waals surface area contributed by atoms with Crippen LogP contribution in [-0.2, 0) is 16.6 Å². The van der Waals surface area contributed by atoms with Gasteiger partial charge in [0.15, 0.2) is 5.96 Å². The van der Waals surface area contributed by atoms with Crippen molar-refractivity contribution in [1.29, 1.82) is 0 Å². The van der Waals surface area contributed by atoms with E-state index in [1.54, 1.807) is 14.0 Å². The molecule has 0 spiro atoms. The molecule has 0 heterocycles. The number of benzene rings is 1. The fraction of sp³-hybridized carbons (Fsp3) is 0.500. The van der Waals surface area contributed by atoms with Crippen LogP contribution in [0.1, 0.15) is 18.1 Å². The molecule has 0 aliphatic rings. The van der Waals surface area contributed by atoms with Gasteiger partial charge in [-0.05, 0) is 19.4 Å². The van der Waals surface area contributed by atoms with Crippen molar-refractivity contribution >= 4 is 40.0 Å². The minimum atomic E-state index is -3.13. The monoisotopic (exact) mass is 440 g/mol. The summed E-state index contributed by atoms with van der Waals surface area (Å²) < 4.78 is 25.0. The SMILES string of the molecule is CCS(=O)(=O)NCCNC(=NC)NCc1cccc(C)c1.I. The number of sulfonamides is 1. The molecule has 0 unspecified atom stereocenters. The topological polar surface area (TPSA) is 82.6 Å². The van der Waals surface area contributed by atoms with E-state index in [9.17, 15) is 8.42 Å². The second-order valence-electron chi connectivity index (χ2n) is 4.64. The number of guanidine groups is 1. The van der Waals surface area contributed by atoms with Gasteiger partial charge in [-0.1, -0.05) is 29.8 Å². The van der Waals surface area contributed by atoms with Gasteiger partial charge < -0.3 is 10.6 Å². The van der Waals surface area contributed by atoms with E-state index in [1.165, 1.54) is 11.1 Å². The van der Waals surface area contributed by atoms with E-state index in [1.807, 2.05) is 12.1 Å². The average Bonchev–Trinajstić information content (AvgIpc) is 2.46. The average molecular weight is 440 g/mol. The van der Waals surface area contributed by atoms with Crippen LogP contribution in [0, 0.1) is 6.92 Å². The molecular weight excluding hydrogens is 415 g/mol. The largest absolute Gasteiger partial charge is 0.355 e. The van der Waals surface area contributed by atoms with Crippen LogP contribution in [0.4, 0.5) is 0 Å². The van der Waals surface area contributed by atoms with Gasteiger partial charge in [0.05, 0.1) is 5.75 Å². The molecular formula is C14H25IN4O2S. The normalized spacial score (nSPS) is 11.7. The molecule has 8 heteroatoms. The third-order valence-electron chi connectivity index (χ3n) is 2.89. The van der Waals surface area contributed by atoms with E-state index in [2.05, 4.69) is 39.4 Å². The zero-order valence-corrected chi connectivity index (χ0v) is 16.4. The molecule has 1 aromatic carbocycles. The lowest BCUT2D eigenvalue weighted by molar-refractivity contribution is 0.582. The van der Waals surface area contributed by atoms with Crippen molar-refractivity contribution in [3.05, 3.63) is 35.4 Å². The Hall–Kier alpha value is -0.870. The van der Waals surface area contributed by atoms with Gasteiger partial charge >= 0.3 is 0 Å². The molecule has 0 atom stereocenters. The lowest BCUT2D eigenvalue weighted by atomic mass is 10.1. The van der Waals surface area contributed by atoms with Crippen molar-refractivity contribution < 1.29 is 8.42 Å². The Labute approximate surface area is 150 Å². The van der Waals surface area contributed by atoms with Crippen LogP contribution >= 0.6 is 24.0 Å². The van der Waals surface area contributed by atoms with Gasteiger partial charge in [-0.2, -0.15) is 0 Å². The first-order valence-corrected chi connectivity index (χ1v) is 8.59. The Morgan fingerprint density at radius 3 is 2.55 bits per heavy atom. The maximum atomic E-state index is 11.3. The fourth-order valence-electron chi connectivity index (χ4n) is 1.72. The van der Waals surface area contributed by atoms with E-state index in [4.69, 9.17) is 0 Å². The summed E-state index contributed by atoms with van der Waals surface area (Å²) in [6, 6.07) is 8.22. The molecule has 6 nitrogen and oxygen atoms in total. The number of aliphatic imine (C=N–C) groups is 1. The van der Waals surface area contributed by atoms with Gasteiger partial charge in [0.25, 0.3) is 0 Å². The van der Waals surface area contributed by atoms with Gasteiger partial charge in [0.1, 0.15) is 0 Å². The highest BCUT2D eigenvalue weighted by molar-refractivity contribution is 14.0. The van der Waals surface area contributed by atoms with Crippen LogP contribution in [0.25, 0.3) is 0 Å². The molecule has 0 radical (unpaired) electrons. The summed E-state index contributed by atoms with van der Waals surface area (Å²) in [5.74, 6) is 0.736. The number of nitrogens with zero attached hydrogens (tertiary/aromatic N) is 1. The Morgan fingerprint density at radius 1 is 1.23 bits per heavy atom. The Balaban J connectivity index is 0.00000441. The minimum absolute atomic E-state index is 0. The van der Waals surface area contributed by atoms with Crippen molar-refractivity contribution in [1.82, 2.24) is 15.4 Å². The number of nitrogens with one attached hydrogen (secondary N) is 3. The van der Waals surface area contributed by atoms with Gasteiger partial charge in [0, 0.05) is 26.7 Å². The van der Waals surface area contributed by atoms with Crippen LogP contribution in [0.15, 0.2) is 29.3 Å². The van der Waals surface area contributed by atoms with Crippen molar-refractivity contribution in [3.8, 4) is 0 Å². The van der Waals surface area contributed by atoms with Crippen molar-refractivity contribution in [2.75, 3.05) is 25.9 Å². The lowest BCUT2D eigenvalue weighted by Crippen LogP contribution is -2.41. The van der Waals surface area contributed by atoms with Crippen LogP contribution in [0.2, 0.25) is 0 Å². The quantitative estimate of drug-likeness (QED) is 0.258. The fourth-order valence-corrected chi connectivity index (χ4v) is 2.34. The summed E-state index contributed by atoms with van der Waals surface area (Å²) in [5, 5.41) is 6.25. The summed E-state index contributed by atoms with van der Waals surface area (Å²) in [7, 11) is -1.45. The predicted molar refractivity (Wildman–Crippen MR) is 102 cm³/mol. The molecule has 126 valence electrons. The standard InChI is InChI=1S/C14H24N4O2S.HI/c1-4-21(19,20)18-9-8-16-14(15-3)17-11-13-7-5-6-12(2)10-13;/h5-7,10,18H,4,8-9,11H2,1-3H3,(H2,15,16,17);1H. The number of halogens is 1. The number of hydrogen-bond acceptors (Lipinski definition) is 3. The molecule has 1 rings (SSSR count). The molecule has 0 bridgehead atoms. The van der Waals surface area contributed by atoms with E-state index < -0.39 is 10.0 Å². The number of hydrogen-bond donors (Lipinski definition) is 3. The molecule has 22 heavy (non-hydrogen) atoms. The molecule has 0 aliphatic heterocycles. The molecule has 0 aromatic heterocycles. The first kappa shape index (κ1) is 21.1. The van der Waals surface area contributed by atoms with E-state index in [0.717, 1.165) is 0 Å². The van der Waals surface area contributed by atoms with Gasteiger partial charge in [-0.25, -0.2) is 13.1 Å². The number of rotatable bonds is 7. The Bertz CT molecular complexity index is 576. The van der Waals surface area contributed by atoms with Crippen LogP contribution < -0.4 is 15.4 Å². The summed E-state index contributed by atoms with van der Waals surface area (Å²) in [4.78, 5) is 4.10. The highest BCUT2D eigenvalue weighted by Crippen LogP contribution is 2.02. The predicted octanol–water partition coefficient (Wildman–Crippen LogP) is 1.22. The second-order valence-corrected chi connectivity index (χ2v) is 6.73. The van der Waals surface area contributed by atoms with E-state index in [-0.39, 0.29) is 29.7 Å². The van der Waals surface area contributed by atoms with E-state index in [0.29, 0.717) is 25.6 Å². The Morgan fingerprint density at radius 2 is 1.95 bits per heavy atom. The summed E-state index contributed by atoms with van der Waals surface area (Å²) in [6.07, 6.45) is 0. The molecule has 3 N–H and O–H groups in total. The van der Waals surface area contributed by atoms with Crippen LogP contribution in [0.5, 0.6) is 0 Å². The van der Waals surface area contributed by atoms with Gasteiger partial charge in [0.2, 0.25) is 10.0 Å². The molecule has 0 aliphatic carbocycles. The third-order valence-corrected chi connectivity index (χ3v) is 4.29. The molecule has 1 aromatic rings. The minimum Gasteiger partial charge on any atom is -0.355 e. The number of aryl methyl sites for hydroxylation is 1. The van der Waals surface area contributed by atoms with Crippen molar-refractivity contribution in [3.63, 3.8) is 0 Å². The lowest BCUT2D eigenvalue weighted by Gasteiger charge is -2.12. The van der Waals surface area contributed by atoms with Crippen LogP contribution in [-0.4, -0.2) is 40.3 Å². The van der Waals surface area contributed by atoms with Crippen LogP contribution in [0.3, 0.4) is 0 Å². The zero-order chi connectivity index (χ0) is 15.7. The van der Waals surface area contributed by atoms with Crippen molar-refractivity contribution in [2.24, 2.45) is 4.99 Å². The van der Waals surface area contributed by atoms with Crippen molar-refractivity contribution in [2.45, 2.75) is 20.4 Å². The highest BCUT2D eigenvalue weighted by atomic mass is 127. The first-order chi connectivity index (χ1) is 9.96. The summed E-state index contributed by atoms with van der Waals surface area (Å²) in [6.45, 7) is 5.14. The molecule has 0 amide bonds. The summed E-state index contributed by atoms with van der Waals surface area (Å²) in [5.41, 5.74) is 2.39.